The average Bonchev–Trinajstić information content (AvgIpc) is 3.08. The highest BCUT2D eigenvalue weighted by molar-refractivity contribution is 7.99. The van der Waals surface area contributed by atoms with E-state index in [0.717, 1.165) is 17.7 Å². The molecule has 1 atom stereocenters. The molecular formula is C15H18Cl2FN3O2S. The summed E-state index contributed by atoms with van der Waals surface area (Å²) < 4.78 is 13.1. The van der Waals surface area contributed by atoms with E-state index in [1.54, 1.807) is 21.6 Å². The average molecular weight is 394 g/mol. The summed E-state index contributed by atoms with van der Waals surface area (Å²) in [5.41, 5.74) is 0.293. The minimum absolute atomic E-state index is 0. The van der Waals surface area contributed by atoms with E-state index in [4.69, 9.17) is 11.6 Å². The lowest BCUT2D eigenvalue weighted by Gasteiger charge is -2.36. The molecule has 2 amide bonds. The molecule has 0 spiro atoms. The third-order valence-corrected chi connectivity index (χ3v) is 5.31. The molecule has 0 aliphatic carbocycles. The van der Waals surface area contributed by atoms with Gasteiger partial charge in [0.2, 0.25) is 5.91 Å². The van der Waals surface area contributed by atoms with Crippen LogP contribution in [0, 0.1) is 5.82 Å². The maximum absolute atomic E-state index is 13.1. The van der Waals surface area contributed by atoms with Crippen LogP contribution >= 0.6 is 35.8 Å². The van der Waals surface area contributed by atoms with E-state index >= 15 is 0 Å². The van der Waals surface area contributed by atoms with Crippen molar-refractivity contribution in [1.29, 1.82) is 0 Å². The Morgan fingerprint density at radius 1 is 1.21 bits per heavy atom. The van der Waals surface area contributed by atoms with Crippen molar-refractivity contribution >= 4 is 47.6 Å². The smallest absolute Gasteiger partial charge is 0.255 e. The summed E-state index contributed by atoms with van der Waals surface area (Å²) in [6.45, 7) is 1.93. The molecule has 1 aromatic carbocycles. The second-order valence-corrected chi connectivity index (χ2v) is 6.95. The van der Waals surface area contributed by atoms with Gasteiger partial charge in [-0.05, 0) is 18.2 Å². The molecule has 24 heavy (non-hydrogen) atoms. The van der Waals surface area contributed by atoms with Crippen molar-refractivity contribution < 1.29 is 14.0 Å². The lowest BCUT2D eigenvalue weighted by Crippen LogP contribution is -2.54. The van der Waals surface area contributed by atoms with Crippen LogP contribution in [0.1, 0.15) is 10.4 Å². The second-order valence-electron chi connectivity index (χ2n) is 5.51. The van der Waals surface area contributed by atoms with E-state index in [0.29, 0.717) is 31.7 Å². The van der Waals surface area contributed by atoms with Gasteiger partial charge < -0.3 is 9.80 Å². The number of thioether (sulfide) groups is 1. The fourth-order valence-corrected chi connectivity index (χ4v) is 3.92. The summed E-state index contributed by atoms with van der Waals surface area (Å²) in [6.07, 6.45) is 0. The summed E-state index contributed by atoms with van der Waals surface area (Å²) in [7, 11) is 0. The maximum atomic E-state index is 13.1. The molecule has 0 bridgehead atoms. The molecule has 2 saturated heterocycles. The predicted octanol–water partition coefficient (Wildman–Crippen LogP) is 1.85. The number of hydrogen-bond acceptors (Lipinski definition) is 4. The number of amides is 2. The normalized spacial score (nSPS) is 20.7. The predicted molar refractivity (Wildman–Crippen MR) is 95.4 cm³/mol. The van der Waals surface area contributed by atoms with Crippen LogP contribution in [0.15, 0.2) is 18.2 Å². The van der Waals surface area contributed by atoms with E-state index < -0.39 is 5.82 Å². The van der Waals surface area contributed by atoms with Gasteiger partial charge in [-0.1, -0.05) is 11.6 Å². The van der Waals surface area contributed by atoms with Gasteiger partial charge in [-0.25, -0.2) is 4.39 Å². The van der Waals surface area contributed by atoms with Crippen LogP contribution < -0.4 is 5.32 Å². The van der Waals surface area contributed by atoms with Gasteiger partial charge in [-0.3, -0.25) is 14.9 Å². The summed E-state index contributed by atoms with van der Waals surface area (Å²) >= 11 is 7.66. The third kappa shape index (κ3) is 4.14. The van der Waals surface area contributed by atoms with Crippen LogP contribution in [0.2, 0.25) is 5.02 Å². The summed E-state index contributed by atoms with van der Waals surface area (Å²) in [5.74, 6) is 1.00. The monoisotopic (exact) mass is 393 g/mol. The van der Waals surface area contributed by atoms with E-state index in [1.807, 2.05) is 0 Å². The van der Waals surface area contributed by atoms with Crippen LogP contribution in [0.3, 0.4) is 0 Å². The zero-order chi connectivity index (χ0) is 16.4. The molecule has 1 unspecified atom stereocenters. The fourth-order valence-electron chi connectivity index (χ4n) is 2.74. The van der Waals surface area contributed by atoms with Crippen molar-refractivity contribution in [1.82, 2.24) is 15.1 Å². The van der Waals surface area contributed by atoms with Crippen molar-refractivity contribution in [2.75, 3.05) is 37.8 Å². The van der Waals surface area contributed by atoms with Crippen LogP contribution in [-0.4, -0.2) is 65.5 Å². The maximum Gasteiger partial charge on any atom is 0.255 e. The number of carbonyl (C=O) groups is 2. The Hall–Kier alpha value is -1.02. The van der Waals surface area contributed by atoms with Crippen LogP contribution in [0.5, 0.6) is 0 Å². The summed E-state index contributed by atoms with van der Waals surface area (Å²) in [5, 5.41) is 3.28. The number of hydrogen-bond donors (Lipinski definition) is 1. The number of halogens is 3. The Balaban J connectivity index is 0.00000208. The first-order valence-electron chi connectivity index (χ1n) is 7.40. The summed E-state index contributed by atoms with van der Waals surface area (Å²) in [6, 6.07) is 3.64. The molecule has 3 rings (SSSR count). The van der Waals surface area contributed by atoms with Gasteiger partial charge in [-0.15, -0.1) is 24.2 Å². The number of piperazine rings is 1. The highest BCUT2D eigenvalue weighted by Gasteiger charge is 2.31. The minimum atomic E-state index is -0.469. The van der Waals surface area contributed by atoms with Crippen LogP contribution in [-0.2, 0) is 4.79 Å². The molecule has 1 N–H and O–H groups in total. The van der Waals surface area contributed by atoms with Crippen molar-refractivity contribution in [3.8, 4) is 0 Å². The molecular weight excluding hydrogens is 376 g/mol. The topological polar surface area (TPSA) is 52.7 Å². The lowest BCUT2D eigenvalue weighted by molar-refractivity contribution is -0.134. The number of benzene rings is 1. The van der Waals surface area contributed by atoms with Gasteiger partial charge >= 0.3 is 0 Å². The number of nitrogens with zero attached hydrogens (tertiary/aromatic N) is 2. The number of rotatable bonds is 2. The fraction of sp³-hybridized carbons (Fsp3) is 0.467. The van der Waals surface area contributed by atoms with Gasteiger partial charge in [0.1, 0.15) is 5.82 Å². The molecule has 2 heterocycles. The number of carbonyl (C=O) groups excluding carboxylic acids is 2. The highest BCUT2D eigenvalue weighted by Crippen LogP contribution is 2.20. The molecule has 0 radical (unpaired) electrons. The van der Waals surface area contributed by atoms with Crippen molar-refractivity contribution in [3.63, 3.8) is 0 Å². The van der Waals surface area contributed by atoms with E-state index in [1.165, 1.54) is 12.1 Å². The van der Waals surface area contributed by atoms with Crippen molar-refractivity contribution in [2.45, 2.75) is 6.04 Å². The quantitative estimate of drug-likeness (QED) is 0.832. The zero-order valence-electron chi connectivity index (χ0n) is 12.8. The molecule has 2 aliphatic heterocycles. The Morgan fingerprint density at radius 2 is 1.88 bits per heavy atom. The first kappa shape index (κ1) is 19.3. The Morgan fingerprint density at radius 3 is 2.46 bits per heavy atom. The Kier molecular flexibility index (Phi) is 6.74. The first-order chi connectivity index (χ1) is 11.1. The van der Waals surface area contributed by atoms with Crippen LogP contribution in [0.4, 0.5) is 4.39 Å². The van der Waals surface area contributed by atoms with Gasteiger partial charge in [0.05, 0.1) is 16.6 Å². The molecule has 2 fully saturated rings. The molecule has 2 aliphatic rings. The van der Waals surface area contributed by atoms with Crippen molar-refractivity contribution in [2.24, 2.45) is 0 Å². The van der Waals surface area contributed by atoms with Crippen molar-refractivity contribution in [3.05, 3.63) is 34.6 Å². The SMILES string of the molecule is Cl.O=C(c1ccc(F)cc1Cl)N1CCN(C(=O)C2CSCN2)CC1. The minimum Gasteiger partial charge on any atom is -0.338 e. The molecule has 9 heteroatoms. The molecule has 0 saturated carbocycles. The second kappa shape index (κ2) is 8.38. The molecule has 0 aromatic heterocycles. The molecule has 5 nitrogen and oxygen atoms in total. The standard InChI is InChI=1S/C15H17ClFN3O2S.ClH/c16-12-7-10(17)1-2-11(12)14(21)19-3-5-20(6-4-19)15(22)13-8-23-9-18-13;/h1-2,7,13,18H,3-6,8-9H2;1H. The van der Waals surface area contributed by atoms with E-state index in [2.05, 4.69) is 5.32 Å². The van der Waals surface area contributed by atoms with Crippen LogP contribution in [0.25, 0.3) is 0 Å². The Bertz CT molecular complexity index is 621. The van der Waals surface area contributed by atoms with Gasteiger partial charge in [0.25, 0.3) is 5.91 Å². The molecule has 1 aromatic rings. The van der Waals surface area contributed by atoms with E-state index in [9.17, 15) is 14.0 Å². The zero-order valence-corrected chi connectivity index (χ0v) is 15.2. The largest absolute Gasteiger partial charge is 0.338 e. The summed E-state index contributed by atoms with van der Waals surface area (Å²) in [4.78, 5) is 28.2. The third-order valence-electron chi connectivity index (χ3n) is 4.05. The lowest BCUT2D eigenvalue weighted by atomic mass is 10.1. The highest BCUT2D eigenvalue weighted by atomic mass is 35.5. The first-order valence-corrected chi connectivity index (χ1v) is 8.94. The van der Waals surface area contributed by atoms with Gasteiger partial charge in [0.15, 0.2) is 0 Å². The van der Waals surface area contributed by atoms with Gasteiger partial charge in [-0.2, -0.15) is 0 Å². The molecule has 132 valence electrons. The Labute approximate surface area is 155 Å². The number of nitrogens with one attached hydrogen (secondary N) is 1. The van der Waals surface area contributed by atoms with Gasteiger partial charge in [0, 0.05) is 37.8 Å². The van der Waals surface area contributed by atoms with E-state index in [-0.39, 0.29) is 35.3 Å².